The minimum atomic E-state index is -0.490. The van der Waals surface area contributed by atoms with Crippen molar-refractivity contribution in [1.29, 1.82) is 0 Å². The monoisotopic (exact) mass is 409 g/mol. The molecule has 1 N–H and O–H groups in total. The first-order valence-electron chi connectivity index (χ1n) is 9.14. The van der Waals surface area contributed by atoms with Gasteiger partial charge in [0.05, 0.1) is 5.60 Å². The van der Waals surface area contributed by atoms with Crippen LogP contribution in [0.3, 0.4) is 0 Å². The topological polar surface area (TPSA) is 47.6 Å². The van der Waals surface area contributed by atoms with Crippen molar-refractivity contribution in [3.05, 3.63) is 34.3 Å². The summed E-state index contributed by atoms with van der Waals surface area (Å²) >= 11 is 3.50. The Balaban J connectivity index is 1.80. The number of rotatable bonds is 4. The first kappa shape index (κ1) is 18.9. The third kappa shape index (κ3) is 4.83. The van der Waals surface area contributed by atoms with E-state index in [-0.39, 0.29) is 12.6 Å². The van der Waals surface area contributed by atoms with Crippen molar-refractivity contribution >= 4 is 21.9 Å². The summed E-state index contributed by atoms with van der Waals surface area (Å²) in [5.41, 5.74) is 0.242. The zero-order valence-corrected chi connectivity index (χ0v) is 16.9. The molecule has 0 amide bonds. The fourth-order valence-corrected chi connectivity index (χ4v) is 4.33. The van der Waals surface area contributed by atoms with E-state index in [9.17, 15) is 4.79 Å². The van der Waals surface area contributed by atoms with Crippen molar-refractivity contribution in [1.82, 2.24) is 5.32 Å². The molecule has 3 rings (SSSR count). The molecule has 2 unspecified atom stereocenters. The first-order valence-corrected chi connectivity index (χ1v) is 9.93. The second kappa shape index (κ2) is 7.37. The molecule has 2 aliphatic rings. The zero-order chi connectivity index (χ0) is 18.1. The van der Waals surface area contributed by atoms with Gasteiger partial charge in [-0.1, -0.05) is 34.5 Å². The highest BCUT2D eigenvalue weighted by atomic mass is 79.9. The van der Waals surface area contributed by atoms with Gasteiger partial charge >= 0.3 is 5.97 Å². The van der Waals surface area contributed by atoms with E-state index >= 15 is 0 Å². The average molecular weight is 410 g/mol. The van der Waals surface area contributed by atoms with Crippen LogP contribution in [0.1, 0.15) is 58.4 Å². The van der Waals surface area contributed by atoms with Crippen molar-refractivity contribution < 1.29 is 14.3 Å². The normalized spacial score (nSPS) is 29.3. The third-order valence-corrected chi connectivity index (χ3v) is 5.51. The lowest BCUT2D eigenvalue weighted by Crippen LogP contribution is -2.55. The van der Waals surface area contributed by atoms with E-state index in [1.807, 2.05) is 32.9 Å². The van der Waals surface area contributed by atoms with Gasteiger partial charge in [0, 0.05) is 16.6 Å². The zero-order valence-electron chi connectivity index (χ0n) is 15.3. The summed E-state index contributed by atoms with van der Waals surface area (Å²) in [5.74, 6) is -0.298. The maximum atomic E-state index is 12.2. The lowest BCUT2D eigenvalue weighted by molar-refractivity contribution is -0.172. The molecule has 2 heterocycles. The number of piperidine rings is 2. The van der Waals surface area contributed by atoms with Crippen LogP contribution in [-0.2, 0) is 19.9 Å². The Kier molecular flexibility index (Phi) is 5.57. The molecule has 2 aliphatic heterocycles. The van der Waals surface area contributed by atoms with Gasteiger partial charge in [-0.25, -0.2) is 4.79 Å². The van der Waals surface area contributed by atoms with E-state index in [2.05, 4.69) is 33.4 Å². The predicted molar refractivity (Wildman–Crippen MR) is 101 cm³/mol. The second-order valence-corrected chi connectivity index (χ2v) is 9.19. The van der Waals surface area contributed by atoms with Crippen molar-refractivity contribution in [2.45, 2.75) is 76.2 Å². The van der Waals surface area contributed by atoms with Gasteiger partial charge in [0.1, 0.15) is 12.2 Å². The summed E-state index contributed by atoms with van der Waals surface area (Å²) in [7, 11) is 0. The summed E-state index contributed by atoms with van der Waals surface area (Å²) < 4.78 is 12.8. The van der Waals surface area contributed by atoms with E-state index < -0.39 is 11.2 Å². The highest BCUT2D eigenvalue weighted by Crippen LogP contribution is 2.43. The molecule has 1 aromatic rings. The van der Waals surface area contributed by atoms with Crippen molar-refractivity contribution in [3.63, 3.8) is 0 Å². The number of carbonyl (C=O) groups is 1. The number of hydrogen-bond donors (Lipinski definition) is 1. The van der Waals surface area contributed by atoms with E-state index in [1.165, 1.54) is 19.3 Å². The fourth-order valence-electron chi connectivity index (χ4n) is 4.07. The van der Waals surface area contributed by atoms with E-state index in [4.69, 9.17) is 9.47 Å². The van der Waals surface area contributed by atoms with Gasteiger partial charge in [0.15, 0.2) is 0 Å². The van der Waals surface area contributed by atoms with Crippen LogP contribution < -0.4 is 5.32 Å². The molecule has 2 fully saturated rings. The molecule has 2 saturated heterocycles. The highest BCUT2D eigenvalue weighted by Gasteiger charge is 2.44. The standard InChI is InChI=1S/C20H28BrNO3/c1-19(2,3)25-18(23)13-24-20(14-7-9-15(21)10-8-14)11-16-5-4-6-17(12-20)22-16/h7-10,16-17,22H,4-6,11-13H2,1-3H3. The number of fused-ring (bicyclic) bond motifs is 2. The molecule has 0 saturated carbocycles. The summed E-state index contributed by atoms with van der Waals surface area (Å²) in [6.45, 7) is 5.63. The maximum Gasteiger partial charge on any atom is 0.332 e. The molecular formula is C20H28BrNO3. The summed E-state index contributed by atoms with van der Waals surface area (Å²) in [6.07, 6.45) is 5.40. The van der Waals surface area contributed by atoms with Crippen LogP contribution in [0.4, 0.5) is 0 Å². The van der Waals surface area contributed by atoms with Gasteiger partial charge in [0.25, 0.3) is 0 Å². The molecule has 0 aromatic heterocycles. The molecule has 25 heavy (non-hydrogen) atoms. The Labute approximate surface area is 158 Å². The number of carbonyl (C=O) groups excluding carboxylic acids is 1. The number of benzene rings is 1. The van der Waals surface area contributed by atoms with Gasteiger partial charge in [-0.15, -0.1) is 0 Å². The largest absolute Gasteiger partial charge is 0.458 e. The molecule has 0 spiro atoms. The van der Waals surface area contributed by atoms with Gasteiger partial charge < -0.3 is 14.8 Å². The molecular weight excluding hydrogens is 382 g/mol. The van der Waals surface area contributed by atoms with E-state index in [0.717, 1.165) is 22.9 Å². The minimum Gasteiger partial charge on any atom is -0.458 e. The van der Waals surface area contributed by atoms with Gasteiger partial charge in [-0.05, 0) is 64.2 Å². The van der Waals surface area contributed by atoms with Gasteiger partial charge in [-0.3, -0.25) is 0 Å². The summed E-state index contributed by atoms with van der Waals surface area (Å²) in [5, 5.41) is 3.71. The molecule has 1 aromatic carbocycles. The Morgan fingerprint density at radius 1 is 1.20 bits per heavy atom. The lowest BCUT2D eigenvalue weighted by atomic mass is 9.73. The van der Waals surface area contributed by atoms with E-state index in [1.54, 1.807) is 0 Å². The first-order chi connectivity index (χ1) is 11.8. The Morgan fingerprint density at radius 3 is 2.36 bits per heavy atom. The number of hydrogen-bond acceptors (Lipinski definition) is 4. The number of esters is 1. The van der Waals surface area contributed by atoms with Crippen LogP contribution in [0.25, 0.3) is 0 Å². The SMILES string of the molecule is CC(C)(C)OC(=O)COC1(c2ccc(Br)cc2)CC2CCCC(C1)N2. The van der Waals surface area contributed by atoms with Gasteiger partial charge in [0.2, 0.25) is 0 Å². The van der Waals surface area contributed by atoms with Crippen LogP contribution in [-0.4, -0.2) is 30.3 Å². The van der Waals surface area contributed by atoms with Crippen molar-refractivity contribution in [3.8, 4) is 0 Å². The lowest BCUT2D eigenvalue weighted by Gasteiger charge is -2.48. The summed E-state index contributed by atoms with van der Waals surface area (Å²) in [4.78, 5) is 12.2. The predicted octanol–water partition coefficient (Wildman–Crippen LogP) is 4.31. The average Bonchev–Trinajstić information content (AvgIpc) is 2.52. The minimum absolute atomic E-state index is 0.00717. The fraction of sp³-hybridized carbons (Fsp3) is 0.650. The molecule has 0 aliphatic carbocycles. The quantitative estimate of drug-likeness (QED) is 0.752. The van der Waals surface area contributed by atoms with Crippen LogP contribution in [0, 0.1) is 0 Å². The molecule has 138 valence electrons. The third-order valence-electron chi connectivity index (χ3n) is 4.99. The molecule has 2 atom stereocenters. The van der Waals surface area contributed by atoms with Crippen LogP contribution in [0.2, 0.25) is 0 Å². The second-order valence-electron chi connectivity index (χ2n) is 8.28. The van der Waals surface area contributed by atoms with Gasteiger partial charge in [-0.2, -0.15) is 0 Å². The smallest absolute Gasteiger partial charge is 0.332 e. The van der Waals surface area contributed by atoms with Crippen molar-refractivity contribution in [2.75, 3.05) is 6.61 Å². The number of ether oxygens (including phenoxy) is 2. The number of halogens is 1. The van der Waals surface area contributed by atoms with Crippen LogP contribution >= 0.6 is 15.9 Å². The molecule has 5 heteroatoms. The van der Waals surface area contributed by atoms with E-state index in [0.29, 0.717) is 12.1 Å². The Hall–Kier alpha value is -0.910. The highest BCUT2D eigenvalue weighted by molar-refractivity contribution is 9.10. The molecule has 4 nitrogen and oxygen atoms in total. The maximum absolute atomic E-state index is 12.2. The molecule has 2 bridgehead atoms. The molecule has 0 radical (unpaired) electrons. The van der Waals surface area contributed by atoms with Crippen LogP contribution in [0.15, 0.2) is 28.7 Å². The summed E-state index contributed by atoms with van der Waals surface area (Å²) in [6, 6.07) is 9.22. The Morgan fingerprint density at radius 2 is 1.80 bits per heavy atom. The number of nitrogens with one attached hydrogen (secondary N) is 1. The van der Waals surface area contributed by atoms with Crippen LogP contribution in [0.5, 0.6) is 0 Å². The van der Waals surface area contributed by atoms with Crippen molar-refractivity contribution in [2.24, 2.45) is 0 Å². The Bertz CT molecular complexity index is 596.